The lowest BCUT2D eigenvalue weighted by Crippen LogP contribution is -2.31. The van der Waals surface area contributed by atoms with E-state index in [0.29, 0.717) is 21.5 Å². The number of pyridine rings is 1. The molecule has 0 amide bonds. The lowest BCUT2D eigenvalue weighted by Gasteiger charge is -2.26. The Bertz CT molecular complexity index is 1440. The quantitative estimate of drug-likeness (QED) is 0.163. The molecule has 0 bridgehead atoms. The van der Waals surface area contributed by atoms with Gasteiger partial charge < -0.3 is 4.90 Å². The number of hydrogen-bond acceptors (Lipinski definition) is 5. The van der Waals surface area contributed by atoms with Crippen LogP contribution in [0.1, 0.15) is 31.2 Å². The van der Waals surface area contributed by atoms with Crippen molar-refractivity contribution in [1.29, 1.82) is 0 Å². The third-order valence-corrected chi connectivity index (χ3v) is 5.30. The maximum absolute atomic E-state index is 13.6. The van der Waals surface area contributed by atoms with Crippen LogP contribution >= 0.6 is 11.6 Å². The van der Waals surface area contributed by atoms with E-state index in [2.05, 4.69) is 32.0 Å². The van der Waals surface area contributed by atoms with E-state index in [4.69, 9.17) is 11.6 Å². The fourth-order valence-corrected chi connectivity index (χ4v) is 3.71. The Morgan fingerprint density at radius 3 is 2.56 bits per heavy atom. The maximum atomic E-state index is 13.6. The van der Waals surface area contributed by atoms with Gasteiger partial charge in [-0.05, 0) is 37.1 Å². The van der Waals surface area contributed by atoms with Crippen LogP contribution in [0.25, 0.3) is 16.7 Å². The molecule has 3 aromatic heterocycles. The van der Waals surface area contributed by atoms with E-state index >= 15 is 0 Å². The molecule has 0 atom stereocenters. The third-order valence-electron chi connectivity index (χ3n) is 5.07. The highest BCUT2D eigenvalue weighted by atomic mass is 35.5. The Balaban J connectivity index is 1.70. The first kappa shape index (κ1) is 25.5. The molecule has 4 rings (SSSR count). The highest BCUT2D eigenvalue weighted by Crippen LogP contribution is 2.35. The predicted molar refractivity (Wildman–Crippen MR) is 122 cm³/mol. The van der Waals surface area contributed by atoms with Gasteiger partial charge in [0.15, 0.2) is 0 Å². The van der Waals surface area contributed by atoms with Crippen molar-refractivity contribution in [2.45, 2.75) is 38.0 Å². The SMILES string of the molecule is FC(F)(F)CCCCC#Cc1cncc(N(CC(F)(F)F)c2nc3nncn3c3cc(Cl)ccc23)c1. The van der Waals surface area contributed by atoms with Crippen molar-refractivity contribution in [3.05, 3.63) is 53.6 Å². The summed E-state index contributed by atoms with van der Waals surface area (Å²) >= 11 is 6.12. The van der Waals surface area contributed by atoms with Gasteiger partial charge in [0.2, 0.25) is 0 Å². The molecule has 0 aliphatic carbocycles. The summed E-state index contributed by atoms with van der Waals surface area (Å²) < 4.78 is 79.2. The smallest absolute Gasteiger partial charge is 0.315 e. The molecule has 6 nitrogen and oxygen atoms in total. The Labute approximate surface area is 205 Å². The van der Waals surface area contributed by atoms with Gasteiger partial charge in [0.25, 0.3) is 5.78 Å². The van der Waals surface area contributed by atoms with Crippen molar-refractivity contribution in [1.82, 2.24) is 24.6 Å². The van der Waals surface area contributed by atoms with Crippen LogP contribution in [0.15, 0.2) is 43.0 Å². The van der Waals surface area contributed by atoms with E-state index in [1.165, 1.54) is 35.3 Å². The molecule has 0 aliphatic heterocycles. The van der Waals surface area contributed by atoms with E-state index in [0.717, 1.165) is 4.90 Å². The highest BCUT2D eigenvalue weighted by Gasteiger charge is 2.33. The van der Waals surface area contributed by atoms with Gasteiger partial charge in [0.1, 0.15) is 18.7 Å². The fourth-order valence-electron chi connectivity index (χ4n) is 3.54. The number of halogens is 7. The van der Waals surface area contributed by atoms with Crippen molar-refractivity contribution >= 4 is 39.8 Å². The van der Waals surface area contributed by atoms with Gasteiger partial charge in [0.05, 0.1) is 17.4 Å². The molecular weight excluding hydrogens is 510 g/mol. The minimum atomic E-state index is -4.60. The van der Waals surface area contributed by atoms with E-state index < -0.39 is 25.3 Å². The van der Waals surface area contributed by atoms with Crippen molar-refractivity contribution in [2.24, 2.45) is 0 Å². The van der Waals surface area contributed by atoms with Crippen molar-refractivity contribution in [3.8, 4) is 11.8 Å². The molecule has 0 fully saturated rings. The zero-order valence-electron chi connectivity index (χ0n) is 18.4. The van der Waals surface area contributed by atoms with Gasteiger partial charge in [-0.3, -0.25) is 9.38 Å². The van der Waals surface area contributed by atoms with Crippen molar-refractivity contribution in [3.63, 3.8) is 0 Å². The lowest BCUT2D eigenvalue weighted by molar-refractivity contribution is -0.135. The van der Waals surface area contributed by atoms with E-state index in [-0.39, 0.29) is 36.5 Å². The van der Waals surface area contributed by atoms with Gasteiger partial charge >= 0.3 is 12.4 Å². The minimum Gasteiger partial charge on any atom is -0.315 e. The van der Waals surface area contributed by atoms with Crippen LogP contribution in [0, 0.1) is 11.8 Å². The largest absolute Gasteiger partial charge is 0.406 e. The molecule has 188 valence electrons. The van der Waals surface area contributed by atoms with Crippen LogP contribution in [0.2, 0.25) is 5.02 Å². The summed E-state index contributed by atoms with van der Waals surface area (Å²) in [6.07, 6.45) is -5.30. The van der Waals surface area contributed by atoms with E-state index in [1.807, 2.05) is 0 Å². The Morgan fingerprint density at radius 1 is 1.00 bits per heavy atom. The first-order chi connectivity index (χ1) is 17.0. The zero-order chi connectivity index (χ0) is 25.9. The summed E-state index contributed by atoms with van der Waals surface area (Å²) in [6.45, 7) is -1.38. The number of aromatic nitrogens is 5. The molecule has 4 aromatic rings. The van der Waals surface area contributed by atoms with E-state index in [9.17, 15) is 26.3 Å². The molecule has 0 spiro atoms. The van der Waals surface area contributed by atoms with Crippen LogP contribution in [0.5, 0.6) is 0 Å². The molecular formula is C23H17ClF6N6. The number of rotatable bonds is 6. The molecule has 0 saturated heterocycles. The van der Waals surface area contributed by atoms with Crippen LogP contribution in [0.4, 0.5) is 37.8 Å². The van der Waals surface area contributed by atoms with Crippen LogP contribution in [0.3, 0.4) is 0 Å². The normalized spacial score (nSPS) is 12.1. The van der Waals surface area contributed by atoms with Gasteiger partial charge in [-0.15, -0.1) is 10.2 Å². The molecule has 13 heteroatoms. The topological polar surface area (TPSA) is 59.2 Å². The van der Waals surface area contributed by atoms with Gasteiger partial charge in [0, 0.05) is 35.0 Å². The van der Waals surface area contributed by atoms with Gasteiger partial charge in [-0.25, -0.2) is 0 Å². The predicted octanol–water partition coefficient (Wildman–Crippen LogP) is 6.50. The Morgan fingerprint density at radius 2 is 1.81 bits per heavy atom. The summed E-state index contributed by atoms with van der Waals surface area (Å²) in [6, 6.07) is 6.08. The van der Waals surface area contributed by atoms with Crippen molar-refractivity contribution < 1.29 is 26.3 Å². The van der Waals surface area contributed by atoms with Gasteiger partial charge in [-0.2, -0.15) is 31.3 Å². The second-order valence-electron chi connectivity index (χ2n) is 7.86. The number of nitrogens with zero attached hydrogens (tertiary/aromatic N) is 6. The molecule has 1 aromatic carbocycles. The Kier molecular flexibility index (Phi) is 7.21. The lowest BCUT2D eigenvalue weighted by atomic mass is 10.1. The third kappa shape index (κ3) is 6.34. The monoisotopic (exact) mass is 526 g/mol. The molecule has 36 heavy (non-hydrogen) atoms. The van der Waals surface area contributed by atoms with E-state index in [1.54, 1.807) is 12.1 Å². The average Bonchev–Trinajstić information content (AvgIpc) is 3.27. The Hall–Kier alpha value is -3.59. The maximum Gasteiger partial charge on any atom is 0.406 e. The summed E-state index contributed by atoms with van der Waals surface area (Å²) in [5.74, 6) is 5.55. The molecule has 0 saturated carbocycles. The zero-order valence-corrected chi connectivity index (χ0v) is 19.2. The molecule has 0 unspecified atom stereocenters. The van der Waals surface area contributed by atoms with Crippen LogP contribution < -0.4 is 4.90 Å². The number of anilines is 2. The summed E-state index contributed by atoms with van der Waals surface area (Å²) in [4.78, 5) is 9.28. The molecule has 0 radical (unpaired) electrons. The second kappa shape index (κ2) is 10.2. The minimum absolute atomic E-state index is 0.0291. The molecule has 0 N–H and O–H groups in total. The number of unbranched alkanes of at least 4 members (excludes halogenated alkanes) is 2. The standard InChI is InChI=1S/C23H17ClF6N6/c24-16-6-7-18-19(10-16)36-14-32-34-21(36)33-20(18)35(13-23(28,29)30)17-9-15(11-31-12-17)5-3-1-2-4-8-22(25,26)27/h6-7,9-12,14H,1-2,4,8,13H2. The highest BCUT2D eigenvalue weighted by molar-refractivity contribution is 6.31. The fraction of sp³-hybridized carbons (Fsp3) is 0.304. The molecule has 3 heterocycles. The number of alkyl halides is 6. The second-order valence-corrected chi connectivity index (χ2v) is 8.29. The van der Waals surface area contributed by atoms with Gasteiger partial charge in [-0.1, -0.05) is 23.4 Å². The van der Waals surface area contributed by atoms with Crippen LogP contribution in [-0.2, 0) is 0 Å². The first-order valence-electron chi connectivity index (χ1n) is 10.6. The number of benzene rings is 1. The summed E-state index contributed by atoms with van der Waals surface area (Å²) in [7, 11) is 0. The van der Waals surface area contributed by atoms with Crippen molar-refractivity contribution in [2.75, 3.05) is 11.4 Å². The number of fused-ring (bicyclic) bond motifs is 3. The number of hydrogen-bond donors (Lipinski definition) is 0. The first-order valence-corrected chi connectivity index (χ1v) is 11.0. The van der Waals surface area contributed by atoms with Crippen LogP contribution in [-0.4, -0.2) is 43.5 Å². The summed E-state index contributed by atoms with van der Waals surface area (Å²) in [5, 5.41) is 8.40. The molecule has 0 aliphatic rings. The average molecular weight is 527 g/mol. The summed E-state index contributed by atoms with van der Waals surface area (Å²) in [5.41, 5.74) is 0.845.